The highest BCUT2D eigenvalue weighted by molar-refractivity contribution is 5.75. The van der Waals surface area contributed by atoms with Crippen molar-refractivity contribution < 1.29 is 5.11 Å². The van der Waals surface area contributed by atoms with Crippen LogP contribution in [0.2, 0.25) is 0 Å². The van der Waals surface area contributed by atoms with Crippen LogP contribution in [0.25, 0.3) is 11.0 Å². The Labute approximate surface area is 94.9 Å². The molecule has 2 N–H and O–H groups in total. The molecule has 0 radical (unpaired) electrons. The fraction of sp³-hybridized carbons (Fsp3) is 0.417. The van der Waals surface area contributed by atoms with Crippen LogP contribution in [0.1, 0.15) is 18.8 Å². The number of nitrogens with zero attached hydrogens (tertiary/aromatic N) is 2. The van der Waals surface area contributed by atoms with Gasteiger partial charge in [0.15, 0.2) is 0 Å². The van der Waals surface area contributed by atoms with Crippen LogP contribution in [0.4, 0.5) is 0 Å². The maximum Gasteiger partial charge on any atom is 0.126 e. The van der Waals surface area contributed by atoms with Crippen molar-refractivity contribution in [1.82, 2.24) is 14.9 Å². The summed E-state index contributed by atoms with van der Waals surface area (Å²) >= 11 is 0. The lowest BCUT2D eigenvalue weighted by atomic mass is 10.3. The van der Waals surface area contributed by atoms with Gasteiger partial charge < -0.3 is 15.0 Å². The summed E-state index contributed by atoms with van der Waals surface area (Å²) < 4.78 is 2.09. The summed E-state index contributed by atoms with van der Waals surface area (Å²) in [5.74, 6) is 0.995. The summed E-state index contributed by atoms with van der Waals surface area (Å²) in [6.45, 7) is 2.79. The summed E-state index contributed by atoms with van der Waals surface area (Å²) in [4.78, 5) is 4.58. The number of hydrogen-bond acceptors (Lipinski definition) is 3. The van der Waals surface area contributed by atoms with E-state index in [-0.39, 0.29) is 12.6 Å². The van der Waals surface area contributed by atoms with Gasteiger partial charge in [0.25, 0.3) is 0 Å². The second-order valence-corrected chi connectivity index (χ2v) is 3.92. The molecule has 86 valence electrons. The normalized spacial score (nSPS) is 13.2. The quantitative estimate of drug-likeness (QED) is 0.812. The Bertz CT molecular complexity index is 478. The Kier molecular flexibility index (Phi) is 3.22. The largest absolute Gasteiger partial charge is 0.395 e. The van der Waals surface area contributed by atoms with E-state index < -0.39 is 0 Å². The van der Waals surface area contributed by atoms with Crippen LogP contribution in [-0.2, 0) is 7.05 Å². The third kappa shape index (κ3) is 1.94. The van der Waals surface area contributed by atoms with Gasteiger partial charge in [-0.05, 0) is 19.1 Å². The van der Waals surface area contributed by atoms with Crippen LogP contribution in [0.3, 0.4) is 0 Å². The van der Waals surface area contributed by atoms with Crippen molar-refractivity contribution in [3.05, 3.63) is 30.1 Å². The van der Waals surface area contributed by atoms with E-state index in [1.165, 1.54) is 0 Å². The number of para-hydroxylation sites is 2. The number of aliphatic hydroxyl groups excluding tert-OH is 1. The highest BCUT2D eigenvalue weighted by Crippen LogP contribution is 2.18. The average Bonchev–Trinajstić information content (AvgIpc) is 2.64. The third-order valence-corrected chi connectivity index (χ3v) is 2.77. The van der Waals surface area contributed by atoms with E-state index in [0.717, 1.165) is 16.9 Å². The fourth-order valence-corrected chi connectivity index (χ4v) is 1.92. The summed E-state index contributed by atoms with van der Waals surface area (Å²) in [6, 6.07) is 8.22. The number of aryl methyl sites for hydroxylation is 1. The second-order valence-electron chi connectivity index (χ2n) is 3.92. The smallest absolute Gasteiger partial charge is 0.126 e. The van der Waals surface area contributed by atoms with Gasteiger partial charge in [0, 0.05) is 13.6 Å². The van der Waals surface area contributed by atoms with Crippen molar-refractivity contribution in [1.29, 1.82) is 0 Å². The Morgan fingerprint density at radius 3 is 2.88 bits per heavy atom. The molecule has 2 rings (SSSR count). The lowest BCUT2D eigenvalue weighted by Crippen LogP contribution is -2.24. The lowest BCUT2D eigenvalue weighted by Gasteiger charge is -2.12. The molecule has 0 saturated heterocycles. The van der Waals surface area contributed by atoms with Gasteiger partial charge in [-0.25, -0.2) is 4.98 Å². The molecule has 1 unspecified atom stereocenters. The summed E-state index contributed by atoms with van der Waals surface area (Å²) in [5.41, 5.74) is 2.15. The highest BCUT2D eigenvalue weighted by Gasteiger charge is 2.12. The zero-order valence-corrected chi connectivity index (χ0v) is 9.64. The van der Waals surface area contributed by atoms with E-state index in [0.29, 0.717) is 6.54 Å². The van der Waals surface area contributed by atoms with E-state index in [2.05, 4.69) is 27.9 Å². The molecule has 2 aromatic rings. The van der Waals surface area contributed by atoms with Gasteiger partial charge in [-0.2, -0.15) is 0 Å². The second kappa shape index (κ2) is 4.63. The topological polar surface area (TPSA) is 50.1 Å². The zero-order chi connectivity index (χ0) is 11.5. The third-order valence-electron chi connectivity index (χ3n) is 2.77. The maximum atomic E-state index is 8.78. The van der Waals surface area contributed by atoms with E-state index in [1.54, 1.807) is 0 Å². The van der Waals surface area contributed by atoms with Crippen molar-refractivity contribution in [2.75, 3.05) is 13.2 Å². The van der Waals surface area contributed by atoms with Crippen LogP contribution in [0, 0.1) is 0 Å². The van der Waals surface area contributed by atoms with Crippen molar-refractivity contribution in [3.8, 4) is 0 Å². The number of aromatic nitrogens is 2. The van der Waals surface area contributed by atoms with Crippen LogP contribution in [0.15, 0.2) is 24.3 Å². The first-order valence-electron chi connectivity index (χ1n) is 5.49. The molecule has 1 aromatic carbocycles. The number of benzene rings is 1. The lowest BCUT2D eigenvalue weighted by molar-refractivity contribution is 0.285. The molecular formula is C12H17N3O. The van der Waals surface area contributed by atoms with Gasteiger partial charge in [-0.1, -0.05) is 12.1 Å². The molecular weight excluding hydrogens is 202 g/mol. The maximum absolute atomic E-state index is 8.78. The van der Waals surface area contributed by atoms with Gasteiger partial charge in [0.05, 0.1) is 23.7 Å². The summed E-state index contributed by atoms with van der Waals surface area (Å²) in [7, 11) is 2.02. The molecule has 0 aliphatic carbocycles. The molecule has 0 saturated carbocycles. The molecule has 4 nitrogen and oxygen atoms in total. The molecule has 16 heavy (non-hydrogen) atoms. The molecule has 0 spiro atoms. The Morgan fingerprint density at radius 1 is 1.44 bits per heavy atom. The number of fused-ring (bicyclic) bond motifs is 1. The number of imidazole rings is 1. The molecule has 0 aliphatic rings. The Morgan fingerprint density at radius 2 is 2.19 bits per heavy atom. The number of rotatable bonds is 4. The predicted molar refractivity (Wildman–Crippen MR) is 64.2 cm³/mol. The molecule has 1 aromatic heterocycles. The van der Waals surface area contributed by atoms with Gasteiger partial charge in [-0.15, -0.1) is 0 Å². The number of hydrogen-bond donors (Lipinski definition) is 2. The van der Waals surface area contributed by atoms with Gasteiger partial charge >= 0.3 is 0 Å². The average molecular weight is 219 g/mol. The summed E-state index contributed by atoms with van der Waals surface area (Å²) in [5, 5.41) is 12.0. The molecule has 0 bridgehead atoms. The predicted octanol–water partition coefficient (Wildman–Crippen LogP) is 1.22. The monoisotopic (exact) mass is 219 g/mol. The first-order valence-corrected chi connectivity index (χ1v) is 5.49. The van der Waals surface area contributed by atoms with Crippen LogP contribution >= 0.6 is 0 Å². The molecule has 0 fully saturated rings. The van der Waals surface area contributed by atoms with Crippen LogP contribution in [0.5, 0.6) is 0 Å². The fourth-order valence-electron chi connectivity index (χ4n) is 1.92. The van der Waals surface area contributed by atoms with E-state index in [9.17, 15) is 0 Å². The molecule has 1 atom stereocenters. The molecule has 1 heterocycles. The Balaban J connectivity index is 2.33. The van der Waals surface area contributed by atoms with Crippen molar-refractivity contribution >= 4 is 11.0 Å². The molecule has 0 aliphatic heterocycles. The van der Waals surface area contributed by atoms with Crippen molar-refractivity contribution in [2.24, 2.45) is 7.05 Å². The molecule has 4 heteroatoms. The number of aliphatic hydroxyl groups is 1. The number of nitrogens with one attached hydrogen (secondary N) is 1. The first kappa shape index (κ1) is 11.1. The van der Waals surface area contributed by atoms with Gasteiger partial charge in [-0.3, -0.25) is 0 Å². The standard InChI is InChI=1S/C12H17N3O/c1-9(13-7-8-16)12-14-10-5-3-4-6-11(10)15(12)2/h3-6,9,13,16H,7-8H2,1-2H3. The Hall–Kier alpha value is -1.39. The van der Waals surface area contributed by atoms with Crippen LogP contribution in [-0.4, -0.2) is 27.8 Å². The van der Waals surface area contributed by atoms with E-state index in [1.807, 2.05) is 25.2 Å². The van der Waals surface area contributed by atoms with E-state index >= 15 is 0 Å². The van der Waals surface area contributed by atoms with E-state index in [4.69, 9.17) is 5.11 Å². The molecule has 0 amide bonds. The van der Waals surface area contributed by atoms with Crippen molar-refractivity contribution in [2.45, 2.75) is 13.0 Å². The van der Waals surface area contributed by atoms with Crippen LogP contribution < -0.4 is 5.32 Å². The SMILES string of the molecule is CC(NCCO)c1nc2ccccc2n1C. The minimum atomic E-state index is 0.143. The van der Waals surface area contributed by atoms with Gasteiger partial charge in [0.1, 0.15) is 5.82 Å². The minimum absolute atomic E-state index is 0.143. The minimum Gasteiger partial charge on any atom is -0.395 e. The summed E-state index contributed by atoms with van der Waals surface area (Å²) in [6.07, 6.45) is 0. The van der Waals surface area contributed by atoms with Crippen molar-refractivity contribution in [3.63, 3.8) is 0 Å². The first-order chi connectivity index (χ1) is 7.74. The zero-order valence-electron chi connectivity index (χ0n) is 9.64. The van der Waals surface area contributed by atoms with Gasteiger partial charge in [0.2, 0.25) is 0 Å². The highest BCUT2D eigenvalue weighted by atomic mass is 16.3.